The maximum absolute atomic E-state index is 5.95. The third kappa shape index (κ3) is 6.14. The summed E-state index contributed by atoms with van der Waals surface area (Å²) in [4.78, 5) is 0. The molecule has 0 saturated heterocycles. The van der Waals surface area contributed by atoms with E-state index in [1.807, 2.05) is 10.9 Å². The van der Waals surface area contributed by atoms with Crippen LogP contribution < -0.4 is 5.32 Å². The topological polar surface area (TPSA) is 52.0 Å². The monoisotopic (exact) mass is 296 g/mol. The van der Waals surface area contributed by atoms with Crippen LogP contribution in [-0.4, -0.2) is 33.2 Å². The van der Waals surface area contributed by atoms with Gasteiger partial charge < -0.3 is 4.74 Å². The quantitative estimate of drug-likeness (QED) is 0.761. The van der Waals surface area contributed by atoms with E-state index in [1.54, 1.807) is 0 Å². The van der Waals surface area contributed by atoms with Gasteiger partial charge in [-0.15, -0.1) is 5.10 Å². The molecule has 0 aliphatic rings. The Hall–Kier alpha value is -0.940. The van der Waals surface area contributed by atoms with Crippen molar-refractivity contribution in [2.24, 2.45) is 0 Å². The molecule has 21 heavy (non-hydrogen) atoms. The first-order chi connectivity index (χ1) is 9.66. The number of nitrogens with zero attached hydrogens (tertiary/aromatic N) is 3. The van der Waals surface area contributed by atoms with Gasteiger partial charge in [-0.05, 0) is 40.5 Å². The molecule has 1 N–H and O–H groups in total. The van der Waals surface area contributed by atoms with E-state index in [0.29, 0.717) is 12.7 Å². The standard InChI is InChI=1S/C16H32N4O/c1-8-16(6,7)21-10-9-15(4,5)14-11-20(19-18-14)12-17-13(2)3/h11,13,17H,8-10,12H2,1-7H3. The number of rotatable bonds is 9. The summed E-state index contributed by atoms with van der Waals surface area (Å²) in [6.45, 7) is 16.5. The number of nitrogens with one attached hydrogen (secondary N) is 1. The molecule has 1 rings (SSSR count). The first-order valence-electron chi connectivity index (χ1n) is 7.94. The predicted molar refractivity (Wildman–Crippen MR) is 86.3 cm³/mol. The third-order valence-electron chi connectivity index (χ3n) is 3.96. The molecule has 0 bridgehead atoms. The molecule has 0 aliphatic carbocycles. The molecule has 0 fully saturated rings. The van der Waals surface area contributed by atoms with E-state index in [0.717, 1.165) is 25.1 Å². The summed E-state index contributed by atoms with van der Waals surface area (Å²) in [6, 6.07) is 0.440. The summed E-state index contributed by atoms with van der Waals surface area (Å²) >= 11 is 0. The van der Waals surface area contributed by atoms with Crippen LogP contribution in [0.5, 0.6) is 0 Å². The fourth-order valence-electron chi connectivity index (χ4n) is 1.77. The normalized spacial score (nSPS) is 13.1. The zero-order valence-electron chi connectivity index (χ0n) is 14.7. The van der Waals surface area contributed by atoms with Crippen LogP contribution in [0, 0.1) is 0 Å². The lowest BCUT2D eigenvalue weighted by atomic mass is 9.86. The Morgan fingerprint density at radius 1 is 1.29 bits per heavy atom. The molecule has 0 amide bonds. The smallest absolute Gasteiger partial charge is 0.0923 e. The predicted octanol–water partition coefficient (Wildman–Crippen LogP) is 3.11. The van der Waals surface area contributed by atoms with Crippen molar-refractivity contribution in [2.45, 2.75) is 85.0 Å². The highest BCUT2D eigenvalue weighted by Crippen LogP contribution is 2.26. The van der Waals surface area contributed by atoms with Gasteiger partial charge in [0.2, 0.25) is 0 Å². The van der Waals surface area contributed by atoms with E-state index in [2.05, 4.69) is 64.1 Å². The fourth-order valence-corrected chi connectivity index (χ4v) is 1.77. The van der Waals surface area contributed by atoms with Crippen molar-refractivity contribution in [1.82, 2.24) is 20.3 Å². The summed E-state index contributed by atoms with van der Waals surface area (Å²) in [5.41, 5.74) is 0.945. The number of hydrogen-bond donors (Lipinski definition) is 1. The van der Waals surface area contributed by atoms with E-state index in [9.17, 15) is 0 Å². The lowest BCUT2D eigenvalue weighted by molar-refractivity contribution is -0.0265. The third-order valence-corrected chi connectivity index (χ3v) is 3.96. The minimum atomic E-state index is -0.0468. The first-order valence-corrected chi connectivity index (χ1v) is 7.94. The van der Waals surface area contributed by atoms with Gasteiger partial charge in [0.15, 0.2) is 0 Å². The summed E-state index contributed by atoms with van der Waals surface area (Å²) in [7, 11) is 0. The van der Waals surface area contributed by atoms with Gasteiger partial charge in [0.05, 0.1) is 24.2 Å². The fraction of sp³-hybridized carbons (Fsp3) is 0.875. The molecule has 0 aliphatic heterocycles. The van der Waals surface area contributed by atoms with Gasteiger partial charge in [-0.3, -0.25) is 5.32 Å². The van der Waals surface area contributed by atoms with E-state index >= 15 is 0 Å². The summed E-state index contributed by atoms with van der Waals surface area (Å²) in [6.07, 6.45) is 3.98. The van der Waals surface area contributed by atoms with Crippen molar-refractivity contribution in [3.05, 3.63) is 11.9 Å². The van der Waals surface area contributed by atoms with Crippen molar-refractivity contribution in [3.63, 3.8) is 0 Å². The summed E-state index contributed by atoms with van der Waals surface area (Å²) in [5, 5.41) is 11.8. The lowest BCUT2D eigenvalue weighted by Gasteiger charge is -2.27. The van der Waals surface area contributed by atoms with E-state index in [1.165, 1.54) is 0 Å². The van der Waals surface area contributed by atoms with Crippen LogP contribution in [0.4, 0.5) is 0 Å². The van der Waals surface area contributed by atoms with Crippen molar-refractivity contribution >= 4 is 0 Å². The van der Waals surface area contributed by atoms with Gasteiger partial charge in [-0.25, -0.2) is 4.68 Å². The van der Waals surface area contributed by atoms with Gasteiger partial charge in [0, 0.05) is 18.1 Å². The number of ether oxygens (including phenoxy) is 1. The highest BCUT2D eigenvalue weighted by Gasteiger charge is 2.25. The van der Waals surface area contributed by atoms with Crippen LogP contribution in [0.1, 0.15) is 67.0 Å². The van der Waals surface area contributed by atoms with Crippen molar-refractivity contribution in [1.29, 1.82) is 0 Å². The van der Waals surface area contributed by atoms with Gasteiger partial charge >= 0.3 is 0 Å². The van der Waals surface area contributed by atoms with Gasteiger partial charge in [-0.1, -0.05) is 26.0 Å². The van der Waals surface area contributed by atoms with Crippen molar-refractivity contribution in [2.75, 3.05) is 6.61 Å². The van der Waals surface area contributed by atoms with Crippen LogP contribution in [0.15, 0.2) is 6.20 Å². The van der Waals surface area contributed by atoms with Gasteiger partial charge in [-0.2, -0.15) is 0 Å². The van der Waals surface area contributed by atoms with E-state index in [-0.39, 0.29) is 11.0 Å². The number of hydrogen-bond acceptors (Lipinski definition) is 4. The molecule has 122 valence electrons. The zero-order chi connectivity index (χ0) is 16.1. The Kier molecular flexibility index (Phi) is 6.35. The van der Waals surface area contributed by atoms with Crippen molar-refractivity contribution < 1.29 is 4.74 Å². The molecule has 0 saturated carbocycles. The molecule has 0 radical (unpaired) electrons. The van der Waals surface area contributed by atoms with Gasteiger partial charge in [0.1, 0.15) is 0 Å². The maximum Gasteiger partial charge on any atom is 0.0923 e. The minimum absolute atomic E-state index is 0.0279. The number of aromatic nitrogens is 3. The average Bonchev–Trinajstić information content (AvgIpc) is 2.85. The molecule has 5 heteroatoms. The summed E-state index contributed by atoms with van der Waals surface area (Å²) in [5.74, 6) is 0. The molecule has 0 atom stereocenters. The largest absolute Gasteiger partial charge is 0.376 e. The molecule has 1 aromatic heterocycles. The lowest BCUT2D eigenvalue weighted by Crippen LogP contribution is -2.27. The zero-order valence-corrected chi connectivity index (χ0v) is 14.7. The van der Waals surface area contributed by atoms with Crippen LogP contribution in [0.2, 0.25) is 0 Å². The van der Waals surface area contributed by atoms with E-state index in [4.69, 9.17) is 4.74 Å². The molecule has 1 heterocycles. The second kappa shape index (κ2) is 7.36. The molecule has 1 aromatic rings. The van der Waals surface area contributed by atoms with E-state index < -0.39 is 0 Å². The SMILES string of the molecule is CCC(C)(C)OCCC(C)(C)c1cn(CNC(C)C)nn1. The Labute approximate surface area is 129 Å². The minimum Gasteiger partial charge on any atom is -0.376 e. The first kappa shape index (κ1) is 18.1. The molecular formula is C16H32N4O. The molecule has 0 aromatic carbocycles. The highest BCUT2D eigenvalue weighted by atomic mass is 16.5. The molecule has 0 spiro atoms. The maximum atomic E-state index is 5.95. The Morgan fingerprint density at radius 3 is 2.52 bits per heavy atom. The van der Waals surface area contributed by atoms with Crippen LogP contribution in [-0.2, 0) is 16.8 Å². The second-order valence-electron chi connectivity index (χ2n) is 7.26. The molecular weight excluding hydrogens is 264 g/mol. The second-order valence-corrected chi connectivity index (χ2v) is 7.26. The molecule has 0 unspecified atom stereocenters. The van der Waals surface area contributed by atoms with Crippen LogP contribution in [0.25, 0.3) is 0 Å². The average molecular weight is 296 g/mol. The van der Waals surface area contributed by atoms with Gasteiger partial charge in [0.25, 0.3) is 0 Å². The highest BCUT2D eigenvalue weighted by molar-refractivity contribution is 5.08. The van der Waals surface area contributed by atoms with Crippen molar-refractivity contribution in [3.8, 4) is 0 Å². The Balaban J connectivity index is 2.54. The Morgan fingerprint density at radius 2 is 1.95 bits per heavy atom. The molecule has 5 nitrogen and oxygen atoms in total. The van der Waals surface area contributed by atoms with Crippen LogP contribution >= 0.6 is 0 Å². The summed E-state index contributed by atoms with van der Waals surface area (Å²) < 4.78 is 7.81. The Bertz CT molecular complexity index is 424. The van der Waals surface area contributed by atoms with Crippen LogP contribution in [0.3, 0.4) is 0 Å².